The Morgan fingerprint density at radius 1 is 0.682 bits per heavy atom. The number of aryl methyl sites for hydroxylation is 1. The van der Waals surface area contributed by atoms with E-state index in [1.807, 2.05) is 19.1 Å². The number of unbranched alkanes of at least 4 members (excludes halogenated alkanes) is 1. The van der Waals surface area contributed by atoms with Crippen molar-refractivity contribution in [3.63, 3.8) is 0 Å². The van der Waals surface area contributed by atoms with E-state index in [9.17, 15) is 0 Å². The average molecular weight is 584 g/mol. The number of rotatable bonds is 15. The van der Waals surface area contributed by atoms with Gasteiger partial charge in [-0.3, -0.25) is 0 Å². The molecule has 1 aliphatic carbocycles. The quantitative estimate of drug-likeness (QED) is 0.131. The third-order valence-electron chi connectivity index (χ3n) is 9.94. The van der Waals surface area contributed by atoms with Gasteiger partial charge in [0.15, 0.2) is 0 Å². The normalized spacial score (nSPS) is 15.5. The lowest BCUT2D eigenvalue weighted by molar-refractivity contribution is 0.169. The molecule has 0 fully saturated rings. The molecule has 0 aromatic heterocycles. The summed E-state index contributed by atoms with van der Waals surface area (Å²) in [6.45, 7) is 14.7. The highest BCUT2D eigenvalue weighted by molar-refractivity contribution is 6.40. The number of benzene rings is 3. The summed E-state index contributed by atoms with van der Waals surface area (Å²) in [6.07, 6.45) is 11.6. The SMILES string of the molecule is [B]C([B])(CC)c1ccc(-c2ccc(OCCCCOC3=CC=C(c4ccc(C(CC)(CC)CC)cc4)CC3C)c(C)c2)cc1. The maximum absolute atomic E-state index is 6.21. The molecular formula is C40H50B2O2. The highest BCUT2D eigenvalue weighted by atomic mass is 16.5. The van der Waals surface area contributed by atoms with Crippen molar-refractivity contribution in [3.8, 4) is 16.9 Å². The van der Waals surface area contributed by atoms with Crippen molar-refractivity contribution in [2.45, 2.75) is 97.1 Å². The van der Waals surface area contributed by atoms with E-state index < -0.39 is 5.21 Å². The molecule has 44 heavy (non-hydrogen) atoms. The van der Waals surface area contributed by atoms with Crippen LogP contribution in [0.15, 0.2) is 84.6 Å². The molecule has 0 saturated heterocycles. The summed E-state index contributed by atoms with van der Waals surface area (Å²) in [5.74, 6) is 2.40. The van der Waals surface area contributed by atoms with Crippen LogP contribution in [-0.4, -0.2) is 28.9 Å². The van der Waals surface area contributed by atoms with Crippen LogP contribution in [-0.2, 0) is 15.4 Å². The van der Waals surface area contributed by atoms with Gasteiger partial charge in [-0.1, -0.05) is 112 Å². The summed E-state index contributed by atoms with van der Waals surface area (Å²) in [6, 6.07) is 23.9. The van der Waals surface area contributed by atoms with Gasteiger partial charge >= 0.3 is 0 Å². The van der Waals surface area contributed by atoms with Crippen molar-refractivity contribution in [3.05, 3.63) is 107 Å². The molecule has 1 aliphatic rings. The molecule has 4 rings (SSSR count). The van der Waals surface area contributed by atoms with Gasteiger partial charge in [-0.15, -0.1) is 0 Å². The van der Waals surface area contributed by atoms with Gasteiger partial charge in [0.05, 0.1) is 34.7 Å². The maximum Gasteiger partial charge on any atom is 0.122 e. The van der Waals surface area contributed by atoms with Crippen LogP contribution in [0.4, 0.5) is 0 Å². The van der Waals surface area contributed by atoms with E-state index in [-0.39, 0.29) is 0 Å². The smallest absolute Gasteiger partial charge is 0.122 e. The third kappa shape index (κ3) is 7.92. The van der Waals surface area contributed by atoms with Crippen molar-refractivity contribution in [1.29, 1.82) is 0 Å². The molecule has 1 unspecified atom stereocenters. The van der Waals surface area contributed by atoms with E-state index in [1.165, 1.54) is 36.0 Å². The fourth-order valence-electron chi connectivity index (χ4n) is 6.39. The van der Waals surface area contributed by atoms with E-state index in [4.69, 9.17) is 25.2 Å². The summed E-state index contributed by atoms with van der Waals surface area (Å²) in [7, 11) is 12.4. The molecule has 0 N–H and O–H groups in total. The molecule has 2 nitrogen and oxygen atoms in total. The molecule has 3 aromatic rings. The predicted octanol–water partition coefficient (Wildman–Crippen LogP) is 10.2. The molecular weight excluding hydrogens is 534 g/mol. The largest absolute Gasteiger partial charge is 0.498 e. The van der Waals surface area contributed by atoms with Gasteiger partial charge in [-0.25, -0.2) is 0 Å². The summed E-state index contributed by atoms with van der Waals surface area (Å²) in [4.78, 5) is 0. The minimum atomic E-state index is -0.790. The number of hydrogen-bond donors (Lipinski definition) is 0. The zero-order valence-corrected chi connectivity index (χ0v) is 27.9. The van der Waals surface area contributed by atoms with E-state index >= 15 is 0 Å². The van der Waals surface area contributed by atoms with Crippen LogP contribution in [0.2, 0.25) is 0 Å². The average Bonchev–Trinajstić information content (AvgIpc) is 3.05. The van der Waals surface area contributed by atoms with Gasteiger partial charge in [0.25, 0.3) is 0 Å². The Morgan fingerprint density at radius 3 is 1.82 bits per heavy atom. The van der Waals surface area contributed by atoms with Crippen LogP contribution in [0, 0.1) is 12.8 Å². The molecule has 4 heteroatoms. The second-order valence-corrected chi connectivity index (χ2v) is 12.6. The molecule has 0 heterocycles. The first kappa shape index (κ1) is 33.8. The van der Waals surface area contributed by atoms with Gasteiger partial charge in [-0.05, 0) is 102 Å². The van der Waals surface area contributed by atoms with Gasteiger partial charge in [0, 0.05) is 5.92 Å². The van der Waals surface area contributed by atoms with Crippen molar-refractivity contribution in [2.24, 2.45) is 5.92 Å². The highest BCUT2D eigenvalue weighted by Crippen LogP contribution is 2.37. The Balaban J connectivity index is 1.23. The first-order chi connectivity index (χ1) is 21.2. The van der Waals surface area contributed by atoms with Crippen molar-refractivity contribution < 1.29 is 9.47 Å². The van der Waals surface area contributed by atoms with Gasteiger partial charge in [0.1, 0.15) is 5.75 Å². The Kier molecular flexibility index (Phi) is 11.7. The zero-order chi connectivity index (χ0) is 31.7. The first-order valence-corrected chi connectivity index (χ1v) is 16.7. The predicted molar refractivity (Wildman–Crippen MR) is 190 cm³/mol. The van der Waals surface area contributed by atoms with Crippen LogP contribution < -0.4 is 4.74 Å². The lowest BCUT2D eigenvalue weighted by atomic mass is 9.50. The van der Waals surface area contributed by atoms with E-state index in [0.717, 1.165) is 53.0 Å². The van der Waals surface area contributed by atoms with Crippen LogP contribution in [0.3, 0.4) is 0 Å². The number of ether oxygens (including phenoxy) is 2. The van der Waals surface area contributed by atoms with Gasteiger partial charge in [-0.2, -0.15) is 0 Å². The van der Waals surface area contributed by atoms with Crippen LogP contribution >= 0.6 is 0 Å². The molecule has 3 aromatic carbocycles. The second-order valence-electron chi connectivity index (χ2n) is 12.6. The van der Waals surface area contributed by atoms with Crippen molar-refractivity contribution >= 4 is 21.3 Å². The fraction of sp³-hybridized carbons (Fsp3) is 0.450. The molecule has 0 saturated carbocycles. The Morgan fingerprint density at radius 2 is 1.25 bits per heavy atom. The third-order valence-corrected chi connectivity index (χ3v) is 9.94. The van der Waals surface area contributed by atoms with Crippen molar-refractivity contribution in [2.75, 3.05) is 13.2 Å². The highest BCUT2D eigenvalue weighted by Gasteiger charge is 2.26. The van der Waals surface area contributed by atoms with E-state index in [1.54, 1.807) is 0 Å². The first-order valence-electron chi connectivity index (χ1n) is 16.7. The topological polar surface area (TPSA) is 18.5 Å². The molecule has 0 amide bonds. The number of hydrogen-bond acceptors (Lipinski definition) is 2. The minimum Gasteiger partial charge on any atom is -0.498 e. The molecule has 0 bridgehead atoms. The van der Waals surface area contributed by atoms with Gasteiger partial charge < -0.3 is 9.47 Å². The van der Waals surface area contributed by atoms with E-state index in [2.05, 4.69) is 101 Å². The molecule has 228 valence electrons. The fourth-order valence-corrected chi connectivity index (χ4v) is 6.39. The van der Waals surface area contributed by atoms with Crippen LogP contribution in [0.1, 0.15) is 102 Å². The lowest BCUT2D eigenvalue weighted by Gasteiger charge is -2.31. The standard InChI is InChI=1S/C40H50B2O2/c1-7-39(8-2,9-3)35-19-13-31(14-20-35)33-17-23-37(29(5)27-33)43-25-11-12-26-44-38-24-18-34(28-30(38)6)32-15-21-36(22-16-32)40(41,42)10-4/h13-24,28-29H,7-12,25-27H2,1-6H3. The zero-order valence-electron chi connectivity index (χ0n) is 27.9. The molecule has 1 atom stereocenters. The van der Waals surface area contributed by atoms with Crippen LogP contribution in [0.5, 0.6) is 5.75 Å². The van der Waals surface area contributed by atoms with Gasteiger partial charge in [0.2, 0.25) is 0 Å². The Hall–Kier alpha value is -3.13. The van der Waals surface area contributed by atoms with Crippen molar-refractivity contribution in [1.82, 2.24) is 0 Å². The Labute approximate surface area is 270 Å². The summed E-state index contributed by atoms with van der Waals surface area (Å²) in [5, 5.41) is -0.790. The minimum absolute atomic E-state index is 0.300. The maximum atomic E-state index is 6.21. The lowest BCUT2D eigenvalue weighted by Crippen LogP contribution is -2.25. The molecule has 0 aliphatic heterocycles. The summed E-state index contributed by atoms with van der Waals surface area (Å²) in [5.41, 5.74) is 8.86. The number of allylic oxidation sites excluding steroid dienone is 4. The monoisotopic (exact) mass is 584 g/mol. The van der Waals surface area contributed by atoms with Crippen LogP contribution in [0.25, 0.3) is 16.7 Å². The molecule has 0 spiro atoms. The molecule has 4 radical (unpaired) electrons. The van der Waals surface area contributed by atoms with E-state index in [0.29, 0.717) is 31.0 Å². The summed E-state index contributed by atoms with van der Waals surface area (Å²) >= 11 is 0. The summed E-state index contributed by atoms with van der Waals surface area (Å²) < 4.78 is 12.3. The second kappa shape index (κ2) is 15.2. The Bertz CT molecular complexity index is 1400.